The van der Waals surface area contributed by atoms with E-state index >= 15 is 0 Å². The zero-order valence-corrected chi connectivity index (χ0v) is 11.3. The van der Waals surface area contributed by atoms with Crippen LogP contribution in [-0.4, -0.2) is 16.4 Å². The molecule has 0 amide bonds. The highest BCUT2D eigenvalue weighted by molar-refractivity contribution is 6.21. The molecular formula is C16H10FN3O2. The number of nitrogens with one attached hydrogen (secondary N) is 2. The molecule has 108 valence electrons. The summed E-state index contributed by atoms with van der Waals surface area (Å²) in [6.07, 6.45) is 6.37. The van der Waals surface area contributed by atoms with Gasteiger partial charge in [0.05, 0.1) is 29.5 Å². The molecule has 3 heterocycles. The molecule has 6 heteroatoms. The van der Waals surface area contributed by atoms with Gasteiger partial charge in [0.25, 0.3) is 5.56 Å². The number of aliphatic imine (C=N–C) groups is 1. The largest absolute Gasteiger partial charge is 0.472 e. The van der Waals surface area contributed by atoms with Gasteiger partial charge < -0.3 is 4.42 Å². The van der Waals surface area contributed by atoms with E-state index in [1.54, 1.807) is 24.4 Å². The van der Waals surface area contributed by atoms with E-state index in [9.17, 15) is 9.18 Å². The normalized spacial score (nSPS) is 14.7. The molecule has 4 rings (SSSR count). The molecule has 2 aromatic heterocycles. The molecule has 0 unspecified atom stereocenters. The number of benzene rings is 1. The molecule has 22 heavy (non-hydrogen) atoms. The van der Waals surface area contributed by atoms with Crippen molar-refractivity contribution in [3.8, 4) is 11.3 Å². The van der Waals surface area contributed by atoms with E-state index in [1.807, 2.05) is 0 Å². The molecule has 0 bridgehead atoms. The molecule has 0 saturated heterocycles. The summed E-state index contributed by atoms with van der Waals surface area (Å²) in [7, 11) is 0. The summed E-state index contributed by atoms with van der Waals surface area (Å²) in [5.41, 5.74) is 3.58. The minimum atomic E-state index is -0.340. The van der Waals surface area contributed by atoms with Gasteiger partial charge >= 0.3 is 0 Å². The average molecular weight is 295 g/mol. The fourth-order valence-electron chi connectivity index (χ4n) is 2.47. The number of nitrogens with zero attached hydrogens (tertiary/aromatic N) is 1. The van der Waals surface area contributed by atoms with Crippen molar-refractivity contribution in [3.63, 3.8) is 0 Å². The molecule has 0 radical (unpaired) electrons. The zero-order chi connectivity index (χ0) is 15.1. The fraction of sp³-hybridized carbons (Fsp3) is 0. The van der Waals surface area contributed by atoms with Crippen LogP contribution in [0.1, 0.15) is 11.1 Å². The van der Waals surface area contributed by atoms with Gasteiger partial charge in [-0.05, 0) is 30.3 Å². The number of rotatable bonds is 2. The van der Waals surface area contributed by atoms with Crippen molar-refractivity contribution in [3.05, 3.63) is 64.1 Å². The van der Waals surface area contributed by atoms with Crippen molar-refractivity contribution >= 4 is 23.6 Å². The second kappa shape index (κ2) is 4.70. The van der Waals surface area contributed by atoms with Gasteiger partial charge in [-0.1, -0.05) is 0 Å². The van der Waals surface area contributed by atoms with E-state index in [2.05, 4.69) is 15.2 Å². The Morgan fingerprint density at radius 3 is 2.95 bits per heavy atom. The van der Waals surface area contributed by atoms with Crippen molar-refractivity contribution in [2.45, 2.75) is 0 Å². The summed E-state index contributed by atoms with van der Waals surface area (Å²) in [5.74, 6) is -0.340. The van der Waals surface area contributed by atoms with Crippen LogP contribution in [0.5, 0.6) is 0 Å². The zero-order valence-electron chi connectivity index (χ0n) is 11.3. The third-order valence-electron chi connectivity index (χ3n) is 3.54. The minimum Gasteiger partial charge on any atom is -0.472 e. The molecule has 0 aliphatic carbocycles. The van der Waals surface area contributed by atoms with Gasteiger partial charge in [-0.15, -0.1) is 0 Å². The van der Waals surface area contributed by atoms with Crippen LogP contribution in [0.25, 0.3) is 22.9 Å². The van der Waals surface area contributed by atoms with Crippen LogP contribution in [0.3, 0.4) is 0 Å². The highest BCUT2D eigenvalue weighted by Gasteiger charge is 2.16. The summed E-state index contributed by atoms with van der Waals surface area (Å²) in [5, 5.41) is 5.37. The monoisotopic (exact) mass is 295 g/mol. The number of aromatic amines is 2. The number of fused-ring (bicyclic) bond motifs is 1. The lowest BCUT2D eigenvalue weighted by Gasteiger charge is -2.00. The third kappa shape index (κ3) is 1.93. The third-order valence-corrected chi connectivity index (χ3v) is 3.54. The maximum absolute atomic E-state index is 13.4. The van der Waals surface area contributed by atoms with Gasteiger partial charge in [-0.2, -0.15) is 0 Å². The lowest BCUT2D eigenvalue weighted by atomic mass is 10.0. The van der Waals surface area contributed by atoms with Gasteiger partial charge in [0.2, 0.25) is 0 Å². The second-order valence-electron chi connectivity index (χ2n) is 4.90. The Morgan fingerprint density at radius 2 is 2.14 bits per heavy atom. The number of H-pyrrole nitrogens is 2. The summed E-state index contributed by atoms with van der Waals surface area (Å²) in [6.45, 7) is 0. The highest BCUT2D eigenvalue weighted by Crippen LogP contribution is 2.33. The van der Waals surface area contributed by atoms with Gasteiger partial charge in [-0.25, -0.2) is 4.39 Å². The number of allylic oxidation sites excluding steroid dienone is 1. The minimum absolute atomic E-state index is 0.262. The molecule has 3 aromatic rings. The Bertz CT molecular complexity index is 962. The first-order valence-electron chi connectivity index (χ1n) is 6.61. The quantitative estimate of drug-likeness (QED) is 0.760. The fourth-order valence-corrected chi connectivity index (χ4v) is 2.47. The van der Waals surface area contributed by atoms with Crippen LogP contribution in [0.4, 0.5) is 10.1 Å². The molecule has 0 fully saturated rings. The van der Waals surface area contributed by atoms with E-state index in [0.29, 0.717) is 28.1 Å². The summed E-state index contributed by atoms with van der Waals surface area (Å²) in [4.78, 5) is 16.2. The van der Waals surface area contributed by atoms with Crippen molar-refractivity contribution in [1.29, 1.82) is 0 Å². The molecule has 0 spiro atoms. The van der Waals surface area contributed by atoms with Crippen molar-refractivity contribution in [2.75, 3.05) is 0 Å². The van der Waals surface area contributed by atoms with Crippen LogP contribution in [0.2, 0.25) is 0 Å². The van der Waals surface area contributed by atoms with E-state index in [0.717, 1.165) is 5.56 Å². The Balaban J connectivity index is 1.87. The van der Waals surface area contributed by atoms with E-state index < -0.39 is 0 Å². The molecule has 1 aliphatic rings. The van der Waals surface area contributed by atoms with Gasteiger partial charge in [0.15, 0.2) is 0 Å². The first kappa shape index (κ1) is 12.6. The molecule has 0 atom stereocenters. The molecule has 1 aromatic carbocycles. The predicted octanol–water partition coefficient (Wildman–Crippen LogP) is 3.36. The van der Waals surface area contributed by atoms with Crippen LogP contribution in [0, 0.1) is 5.82 Å². The van der Waals surface area contributed by atoms with E-state index in [1.165, 1.54) is 24.7 Å². The Labute approximate surface area is 123 Å². The Hall–Kier alpha value is -3.15. The van der Waals surface area contributed by atoms with Crippen LogP contribution in [0.15, 0.2) is 51.0 Å². The number of aromatic nitrogens is 2. The maximum Gasteiger partial charge on any atom is 0.271 e. The number of hydrogen-bond donors (Lipinski definition) is 2. The Kier molecular flexibility index (Phi) is 2.69. The molecule has 2 N–H and O–H groups in total. The van der Waals surface area contributed by atoms with Crippen molar-refractivity contribution in [1.82, 2.24) is 10.2 Å². The first-order chi connectivity index (χ1) is 10.7. The highest BCUT2D eigenvalue weighted by atomic mass is 19.1. The molecule has 1 aliphatic heterocycles. The van der Waals surface area contributed by atoms with Gasteiger partial charge in [0, 0.05) is 22.9 Å². The second-order valence-corrected chi connectivity index (χ2v) is 4.90. The maximum atomic E-state index is 13.4. The van der Waals surface area contributed by atoms with Crippen molar-refractivity contribution < 1.29 is 8.81 Å². The standard InChI is InChI=1S/C16H10FN3O2/c17-11-1-2-14-12(6-11)10(7-18-14)5-13-15(19-20-16(13)21)9-3-4-22-8-9/h1-8H,(H2,19,20,21)/b10-5+. The number of halogens is 1. The van der Waals surface area contributed by atoms with Gasteiger partial charge in [0.1, 0.15) is 5.82 Å². The summed E-state index contributed by atoms with van der Waals surface area (Å²) < 4.78 is 18.5. The SMILES string of the molecule is O=c1[nH][nH]c(-c2ccoc2)c1/C=C1\C=Nc2ccc(F)cc21. The Morgan fingerprint density at radius 1 is 1.23 bits per heavy atom. The van der Waals surface area contributed by atoms with E-state index in [4.69, 9.17) is 4.42 Å². The predicted molar refractivity (Wildman–Crippen MR) is 81.5 cm³/mol. The van der Waals surface area contributed by atoms with Crippen LogP contribution < -0.4 is 5.56 Å². The molecule has 0 saturated carbocycles. The average Bonchev–Trinajstić information content (AvgIpc) is 3.22. The lowest BCUT2D eigenvalue weighted by molar-refractivity contribution is 0.568. The first-order valence-corrected chi connectivity index (χ1v) is 6.61. The van der Waals surface area contributed by atoms with Crippen LogP contribution >= 0.6 is 0 Å². The number of furan rings is 1. The molecule has 5 nitrogen and oxygen atoms in total. The van der Waals surface area contributed by atoms with Gasteiger partial charge in [-0.3, -0.25) is 20.0 Å². The smallest absolute Gasteiger partial charge is 0.271 e. The number of hydrogen-bond acceptors (Lipinski definition) is 3. The van der Waals surface area contributed by atoms with Crippen LogP contribution in [-0.2, 0) is 0 Å². The summed E-state index contributed by atoms with van der Waals surface area (Å²) in [6, 6.07) is 6.13. The topological polar surface area (TPSA) is 74.2 Å². The van der Waals surface area contributed by atoms with E-state index in [-0.39, 0.29) is 11.4 Å². The molecular weight excluding hydrogens is 285 g/mol. The lowest BCUT2D eigenvalue weighted by Crippen LogP contribution is -2.02. The van der Waals surface area contributed by atoms with Crippen molar-refractivity contribution in [2.24, 2.45) is 4.99 Å². The summed E-state index contributed by atoms with van der Waals surface area (Å²) >= 11 is 0.